The van der Waals surface area contributed by atoms with E-state index in [4.69, 9.17) is 5.11 Å². The zero-order valence-corrected chi connectivity index (χ0v) is 16.9. The van der Waals surface area contributed by atoms with Crippen LogP contribution in [0.25, 0.3) is 11.1 Å². The van der Waals surface area contributed by atoms with Gasteiger partial charge in [-0.15, -0.1) is 0 Å². The number of rotatable bonds is 5. The van der Waals surface area contributed by atoms with Gasteiger partial charge in [-0.3, -0.25) is 9.88 Å². The molecule has 0 unspecified atom stereocenters. The molecule has 7 nitrogen and oxygen atoms in total. The molecular formula is C20H25N3O4S. The van der Waals surface area contributed by atoms with E-state index < -0.39 is 15.9 Å². The van der Waals surface area contributed by atoms with Crippen LogP contribution in [0.4, 0.5) is 4.79 Å². The number of amides is 1. The highest BCUT2D eigenvalue weighted by Gasteiger charge is 2.25. The number of carboxylic acid groups (broad SMARTS) is 1. The van der Waals surface area contributed by atoms with Crippen molar-refractivity contribution < 1.29 is 18.3 Å². The average molecular weight is 404 g/mol. The van der Waals surface area contributed by atoms with Crippen LogP contribution in [0.3, 0.4) is 0 Å². The molecule has 1 N–H and O–H groups in total. The molecule has 0 bridgehead atoms. The lowest BCUT2D eigenvalue weighted by molar-refractivity contribution is 0.103. The molecule has 1 amide bonds. The van der Waals surface area contributed by atoms with Gasteiger partial charge in [-0.25, -0.2) is 13.2 Å². The van der Waals surface area contributed by atoms with Crippen molar-refractivity contribution in [1.29, 1.82) is 0 Å². The molecule has 2 aromatic rings. The third kappa shape index (κ3) is 4.88. The van der Waals surface area contributed by atoms with Crippen LogP contribution >= 0.6 is 0 Å². The summed E-state index contributed by atoms with van der Waals surface area (Å²) < 4.78 is 23.1. The highest BCUT2D eigenvalue weighted by atomic mass is 32.2. The van der Waals surface area contributed by atoms with E-state index in [1.165, 1.54) is 11.2 Å². The van der Waals surface area contributed by atoms with Crippen LogP contribution in [0.1, 0.15) is 18.5 Å². The number of nitrogens with zero attached hydrogens (tertiary/aromatic N) is 3. The Morgan fingerprint density at radius 3 is 2.25 bits per heavy atom. The predicted octanol–water partition coefficient (Wildman–Crippen LogP) is 2.73. The van der Waals surface area contributed by atoms with E-state index in [0.717, 1.165) is 29.7 Å². The Morgan fingerprint density at radius 1 is 1.14 bits per heavy atom. The Bertz CT molecular complexity index is 919. The van der Waals surface area contributed by atoms with E-state index in [1.807, 2.05) is 19.2 Å². The standard InChI is InChI=1S/C20H25N3O4S/c1-22(18-9-11-23(12-10-18)20(24)25)14-17-6-3-16(13-21-17)15-4-7-19(8-5-15)28(2,26)27/h3-8,13,18H,9-12,14H2,1-2H3,(H,24,25). The van der Waals surface area contributed by atoms with Crippen LogP contribution in [0.15, 0.2) is 47.5 Å². The zero-order chi connectivity index (χ0) is 20.3. The molecule has 150 valence electrons. The Labute approximate surface area is 165 Å². The van der Waals surface area contributed by atoms with Crippen molar-refractivity contribution in [2.45, 2.75) is 30.3 Å². The summed E-state index contributed by atoms with van der Waals surface area (Å²) in [6.45, 7) is 1.84. The summed E-state index contributed by atoms with van der Waals surface area (Å²) in [6.07, 6.45) is 3.80. The van der Waals surface area contributed by atoms with Gasteiger partial charge < -0.3 is 10.0 Å². The third-order valence-electron chi connectivity index (χ3n) is 5.21. The lowest BCUT2D eigenvalue weighted by Crippen LogP contribution is -2.44. The molecule has 2 heterocycles. The maximum Gasteiger partial charge on any atom is 0.407 e. The molecule has 1 aromatic heterocycles. The summed E-state index contributed by atoms with van der Waals surface area (Å²) in [5.74, 6) is 0. The van der Waals surface area contributed by atoms with Crippen LogP contribution in [0, 0.1) is 0 Å². The Hall–Kier alpha value is -2.45. The zero-order valence-electron chi connectivity index (χ0n) is 16.1. The predicted molar refractivity (Wildman–Crippen MR) is 107 cm³/mol. The molecule has 1 fully saturated rings. The number of hydrogen-bond donors (Lipinski definition) is 1. The average Bonchev–Trinajstić information content (AvgIpc) is 2.68. The normalized spacial score (nSPS) is 15.8. The van der Waals surface area contributed by atoms with Crippen molar-refractivity contribution >= 4 is 15.9 Å². The topological polar surface area (TPSA) is 90.8 Å². The van der Waals surface area contributed by atoms with Crippen LogP contribution in [-0.2, 0) is 16.4 Å². The smallest absolute Gasteiger partial charge is 0.407 e. The summed E-state index contributed by atoms with van der Waals surface area (Å²) in [5, 5.41) is 9.05. The molecule has 1 aliphatic heterocycles. The number of aromatic nitrogens is 1. The van der Waals surface area contributed by atoms with Crippen LogP contribution in [0.5, 0.6) is 0 Å². The molecule has 8 heteroatoms. The highest BCUT2D eigenvalue weighted by molar-refractivity contribution is 7.90. The fraction of sp³-hybridized carbons (Fsp3) is 0.400. The second kappa shape index (κ2) is 8.28. The fourth-order valence-electron chi connectivity index (χ4n) is 3.47. The lowest BCUT2D eigenvalue weighted by atomic mass is 10.0. The number of likely N-dealkylation sites (tertiary alicyclic amines) is 1. The third-order valence-corrected chi connectivity index (χ3v) is 6.34. The van der Waals surface area contributed by atoms with Crippen LogP contribution in [0.2, 0.25) is 0 Å². The number of sulfone groups is 1. The first kappa shape index (κ1) is 20.3. The first-order valence-electron chi connectivity index (χ1n) is 9.17. The van der Waals surface area contributed by atoms with Gasteiger partial charge in [0, 0.05) is 43.7 Å². The van der Waals surface area contributed by atoms with E-state index >= 15 is 0 Å². The summed E-state index contributed by atoms with van der Waals surface area (Å²) >= 11 is 0. The molecule has 28 heavy (non-hydrogen) atoms. The van der Waals surface area contributed by atoms with E-state index in [2.05, 4.69) is 9.88 Å². The molecule has 0 radical (unpaired) electrons. The van der Waals surface area contributed by atoms with E-state index in [0.29, 0.717) is 30.6 Å². The van der Waals surface area contributed by atoms with Gasteiger partial charge in [0.15, 0.2) is 9.84 Å². The van der Waals surface area contributed by atoms with Gasteiger partial charge in [-0.05, 0) is 43.7 Å². The first-order valence-corrected chi connectivity index (χ1v) is 11.1. The Kier molecular flexibility index (Phi) is 6.00. The summed E-state index contributed by atoms with van der Waals surface area (Å²) in [4.78, 5) is 19.5. The summed E-state index contributed by atoms with van der Waals surface area (Å²) in [5.41, 5.74) is 2.79. The maximum absolute atomic E-state index is 11.6. The minimum Gasteiger partial charge on any atom is -0.465 e. The van der Waals surface area contributed by atoms with Crippen molar-refractivity contribution in [3.05, 3.63) is 48.3 Å². The molecular weight excluding hydrogens is 378 g/mol. The van der Waals surface area contributed by atoms with Gasteiger partial charge >= 0.3 is 6.09 Å². The van der Waals surface area contributed by atoms with Gasteiger partial charge in [-0.2, -0.15) is 0 Å². The molecule has 3 rings (SSSR count). The molecule has 0 spiro atoms. The van der Waals surface area contributed by atoms with Gasteiger partial charge in [0.05, 0.1) is 10.6 Å². The molecule has 0 atom stereocenters. The van der Waals surface area contributed by atoms with Crippen molar-refractivity contribution in [2.75, 3.05) is 26.4 Å². The molecule has 0 aliphatic carbocycles. The van der Waals surface area contributed by atoms with Crippen molar-refractivity contribution in [1.82, 2.24) is 14.8 Å². The van der Waals surface area contributed by atoms with Crippen LogP contribution in [-0.4, -0.2) is 66.8 Å². The Balaban J connectivity index is 1.61. The number of piperidine rings is 1. The minimum absolute atomic E-state index is 0.302. The summed E-state index contributed by atoms with van der Waals surface area (Å²) in [6, 6.07) is 11.1. The highest BCUT2D eigenvalue weighted by Crippen LogP contribution is 2.22. The maximum atomic E-state index is 11.6. The van der Waals surface area contributed by atoms with Gasteiger partial charge in [0.2, 0.25) is 0 Å². The quantitative estimate of drug-likeness (QED) is 0.825. The Morgan fingerprint density at radius 2 is 1.75 bits per heavy atom. The number of carbonyl (C=O) groups is 1. The second-order valence-corrected chi connectivity index (χ2v) is 9.27. The van der Waals surface area contributed by atoms with Crippen molar-refractivity contribution in [3.8, 4) is 11.1 Å². The monoisotopic (exact) mass is 403 g/mol. The van der Waals surface area contributed by atoms with Gasteiger partial charge in [-0.1, -0.05) is 18.2 Å². The van der Waals surface area contributed by atoms with Crippen molar-refractivity contribution in [3.63, 3.8) is 0 Å². The molecule has 1 aromatic carbocycles. The van der Waals surface area contributed by atoms with E-state index in [-0.39, 0.29) is 0 Å². The largest absolute Gasteiger partial charge is 0.465 e. The van der Waals surface area contributed by atoms with E-state index in [9.17, 15) is 13.2 Å². The lowest BCUT2D eigenvalue weighted by Gasteiger charge is -2.35. The minimum atomic E-state index is -3.20. The second-order valence-electron chi connectivity index (χ2n) is 7.25. The van der Waals surface area contributed by atoms with E-state index in [1.54, 1.807) is 30.5 Å². The fourth-order valence-corrected chi connectivity index (χ4v) is 4.10. The van der Waals surface area contributed by atoms with Gasteiger partial charge in [0.25, 0.3) is 0 Å². The van der Waals surface area contributed by atoms with Crippen molar-refractivity contribution in [2.24, 2.45) is 0 Å². The SMILES string of the molecule is CN(Cc1ccc(-c2ccc(S(C)(=O)=O)cc2)cn1)C1CCN(C(=O)O)CC1. The summed E-state index contributed by atoms with van der Waals surface area (Å²) in [7, 11) is -1.16. The molecule has 0 saturated carbocycles. The number of hydrogen-bond acceptors (Lipinski definition) is 5. The number of pyridine rings is 1. The number of benzene rings is 1. The molecule has 1 aliphatic rings. The van der Waals surface area contributed by atoms with Gasteiger partial charge in [0.1, 0.15) is 0 Å². The molecule has 1 saturated heterocycles. The first-order chi connectivity index (χ1) is 13.2. The van der Waals surface area contributed by atoms with Crippen LogP contribution < -0.4 is 0 Å².